The van der Waals surface area contributed by atoms with E-state index in [9.17, 15) is 9.59 Å². The number of rotatable bonds is 6. The van der Waals surface area contributed by atoms with Crippen molar-refractivity contribution < 1.29 is 14.3 Å². The maximum atomic E-state index is 13.0. The molecule has 0 unspecified atom stereocenters. The number of aryl methyl sites for hydroxylation is 3. The van der Waals surface area contributed by atoms with E-state index in [0.717, 1.165) is 6.42 Å². The summed E-state index contributed by atoms with van der Waals surface area (Å²) in [5, 5.41) is 7.97. The van der Waals surface area contributed by atoms with Crippen LogP contribution in [0.2, 0.25) is 0 Å². The summed E-state index contributed by atoms with van der Waals surface area (Å²) < 4.78 is 7.31. The first-order chi connectivity index (χ1) is 12.5. The van der Waals surface area contributed by atoms with Crippen molar-refractivity contribution >= 4 is 22.9 Å². The molecule has 1 amide bonds. The number of ether oxygens (including phenoxy) is 1. The fourth-order valence-electron chi connectivity index (χ4n) is 2.90. The largest absolute Gasteiger partial charge is 0.448 e. The Balaban J connectivity index is 2.37. The molecule has 0 aliphatic carbocycles. The van der Waals surface area contributed by atoms with Crippen LogP contribution >= 0.6 is 0 Å². The van der Waals surface area contributed by atoms with E-state index in [1.54, 1.807) is 17.8 Å². The molecule has 7 nitrogen and oxygen atoms in total. The van der Waals surface area contributed by atoms with Gasteiger partial charge in [-0.25, -0.2) is 9.78 Å². The van der Waals surface area contributed by atoms with Gasteiger partial charge >= 0.3 is 5.97 Å². The monoisotopic (exact) mass is 374 g/mol. The fourth-order valence-corrected chi connectivity index (χ4v) is 2.90. The molecule has 0 aliphatic heterocycles. The number of hydrogen-bond acceptors (Lipinski definition) is 5. The molecule has 0 spiro atoms. The lowest BCUT2D eigenvalue weighted by Gasteiger charge is -2.29. The first kappa shape index (κ1) is 20.9. The van der Waals surface area contributed by atoms with Crippen molar-refractivity contribution in [2.24, 2.45) is 13.0 Å². The minimum atomic E-state index is -0.871. The number of aromatic nitrogens is 3. The molecule has 148 valence electrons. The van der Waals surface area contributed by atoms with E-state index in [0.29, 0.717) is 28.0 Å². The summed E-state index contributed by atoms with van der Waals surface area (Å²) in [7, 11) is 1.79. The molecule has 0 aromatic carbocycles. The third-order valence-corrected chi connectivity index (χ3v) is 4.76. The van der Waals surface area contributed by atoms with Crippen LogP contribution in [0.3, 0.4) is 0 Å². The summed E-state index contributed by atoms with van der Waals surface area (Å²) in [6, 6.07) is 1.69. The molecule has 2 heterocycles. The zero-order valence-corrected chi connectivity index (χ0v) is 17.5. The van der Waals surface area contributed by atoms with Crippen LogP contribution in [0.1, 0.15) is 62.8 Å². The second-order valence-electron chi connectivity index (χ2n) is 8.02. The van der Waals surface area contributed by atoms with Crippen molar-refractivity contribution in [1.29, 1.82) is 0 Å². The van der Waals surface area contributed by atoms with Gasteiger partial charge in [0.2, 0.25) is 0 Å². The molecule has 7 heteroatoms. The van der Waals surface area contributed by atoms with Gasteiger partial charge in [0.1, 0.15) is 0 Å². The van der Waals surface area contributed by atoms with Crippen LogP contribution in [-0.2, 0) is 16.6 Å². The summed E-state index contributed by atoms with van der Waals surface area (Å²) in [6.45, 7) is 13.2. The van der Waals surface area contributed by atoms with Crippen LogP contribution < -0.4 is 5.32 Å². The van der Waals surface area contributed by atoms with Gasteiger partial charge in [0.05, 0.1) is 16.6 Å². The number of nitrogens with one attached hydrogen (secondary N) is 1. The molecule has 2 aromatic rings. The van der Waals surface area contributed by atoms with Crippen LogP contribution in [-0.4, -0.2) is 38.3 Å². The molecule has 0 saturated carbocycles. The predicted octanol–water partition coefficient (Wildman–Crippen LogP) is 3.07. The van der Waals surface area contributed by atoms with Crippen molar-refractivity contribution in [2.75, 3.05) is 0 Å². The van der Waals surface area contributed by atoms with Crippen LogP contribution in [0.25, 0.3) is 11.0 Å². The minimum absolute atomic E-state index is 0.157. The van der Waals surface area contributed by atoms with E-state index >= 15 is 0 Å². The van der Waals surface area contributed by atoms with Gasteiger partial charge < -0.3 is 10.1 Å². The topological polar surface area (TPSA) is 86.1 Å². The Bertz CT molecular complexity index is 868. The van der Waals surface area contributed by atoms with Gasteiger partial charge in [0.25, 0.3) is 5.91 Å². The van der Waals surface area contributed by atoms with Gasteiger partial charge in [-0.15, -0.1) is 0 Å². The highest BCUT2D eigenvalue weighted by molar-refractivity contribution is 6.04. The minimum Gasteiger partial charge on any atom is -0.448 e. The van der Waals surface area contributed by atoms with E-state index in [-0.39, 0.29) is 17.4 Å². The Kier molecular flexibility index (Phi) is 5.92. The standard InChI is InChI=1S/C20H30N4O3/c1-9-20(6,7)22-18(25)16(11(2)3)27-19(26)14-10-12(4)21-17-15(14)13(5)23-24(17)8/h10-11,16H,9H2,1-8H3,(H,22,25)/t16-/m1/s1. The maximum Gasteiger partial charge on any atom is 0.339 e. The zero-order chi connectivity index (χ0) is 20.5. The fraction of sp³-hybridized carbons (Fsp3) is 0.600. The number of esters is 1. The van der Waals surface area contributed by atoms with Crippen LogP contribution in [0.5, 0.6) is 0 Å². The Morgan fingerprint density at radius 3 is 2.48 bits per heavy atom. The van der Waals surface area contributed by atoms with Crippen molar-refractivity contribution in [3.8, 4) is 0 Å². The summed E-state index contributed by atoms with van der Waals surface area (Å²) in [6.07, 6.45) is -0.0971. The molecule has 0 fully saturated rings. The highest BCUT2D eigenvalue weighted by Gasteiger charge is 2.31. The Morgan fingerprint density at radius 1 is 1.30 bits per heavy atom. The quantitative estimate of drug-likeness (QED) is 0.785. The number of carbonyl (C=O) groups is 2. The van der Waals surface area contributed by atoms with E-state index in [1.165, 1.54) is 0 Å². The highest BCUT2D eigenvalue weighted by atomic mass is 16.5. The van der Waals surface area contributed by atoms with Crippen LogP contribution in [0.4, 0.5) is 0 Å². The summed E-state index contributed by atoms with van der Waals surface area (Å²) >= 11 is 0. The summed E-state index contributed by atoms with van der Waals surface area (Å²) in [5.74, 6) is -0.977. The molecule has 0 aliphatic rings. The lowest BCUT2D eigenvalue weighted by molar-refractivity contribution is -0.133. The highest BCUT2D eigenvalue weighted by Crippen LogP contribution is 2.23. The number of fused-ring (bicyclic) bond motifs is 1. The SMILES string of the molecule is CCC(C)(C)NC(=O)[C@H](OC(=O)c1cc(C)nc2c1c(C)nn2C)C(C)C. The average Bonchev–Trinajstić information content (AvgIpc) is 2.85. The molecular formula is C20H30N4O3. The maximum absolute atomic E-state index is 13.0. The van der Waals surface area contributed by atoms with Gasteiger partial charge in [-0.2, -0.15) is 5.10 Å². The molecule has 0 bridgehead atoms. The average molecular weight is 374 g/mol. The third-order valence-electron chi connectivity index (χ3n) is 4.76. The number of pyridine rings is 1. The molecular weight excluding hydrogens is 344 g/mol. The lowest BCUT2D eigenvalue weighted by atomic mass is 9.99. The Hall–Kier alpha value is -2.44. The molecule has 0 radical (unpaired) electrons. The molecule has 1 N–H and O–H groups in total. The second-order valence-corrected chi connectivity index (χ2v) is 8.02. The van der Waals surface area contributed by atoms with E-state index in [4.69, 9.17) is 4.74 Å². The van der Waals surface area contributed by atoms with E-state index in [2.05, 4.69) is 15.4 Å². The van der Waals surface area contributed by atoms with Gasteiger partial charge in [0, 0.05) is 18.3 Å². The summed E-state index contributed by atoms with van der Waals surface area (Å²) in [5.41, 5.74) is 2.03. The Labute approximate surface area is 160 Å². The third kappa shape index (κ3) is 4.46. The molecule has 27 heavy (non-hydrogen) atoms. The predicted molar refractivity (Wildman–Crippen MR) is 105 cm³/mol. The van der Waals surface area contributed by atoms with Crippen molar-refractivity contribution in [1.82, 2.24) is 20.1 Å². The first-order valence-electron chi connectivity index (χ1n) is 9.30. The molecule has 0 saturated heterocycles. The number of amides is 1. The molecule has 1 atom stereocenters. The van der Waals surface area contributed by atoms with Crippen molar-refractivity contribution in [3.05, 3.63) is 23.0 Å². The van der Waals surface area contributed by atoms with Gasteiger partial charge in [0.15, 0.2) is 11.8 Å². The van der Waals surface area contributed by atoms with Crippen LogP contribution in [0, 0.1) is 19.8 Å². The van der Waals surface area contributed by atoms with Crippen molar-refractivity contribution in [3.63, 3.8) is 0 Å². The van der Waals surface area contributed by atoms with Gasteiger partial charge in [-0.05, 0) is 46.1 Å². The zero-order valence-electron chi connectivity index (χ0n) is 17.5. The first-order valence-corrected chi connectivity index (χ1v) is 9.30. The van der Waals surface area contributed by atoms with Crippen molar-refractivity contribution in [2.45, 2.75) is 66.5 Å². The Morgan fingerprint density at radius 2 is 1.93 bits per heavy atom. The smallest absolute Gasteiger partial charge is 0.339 e. The number of carbonyl (C=O) groups excluding carboxylic acids is 2. The number of hydrogen-bond donors (Lipinski definition) is 1. The normalized spacial score (nSPS) is 13.1. The van der Waals surface area contributed by atoms with Gasteiger partial charge in [-0.1, -0.05) is 20.8 Å². The second kappa shape index (κ2) is 7.66. The summed E-state index contributed by atoms with van der Waals surface area (Å²) in [4.78, 5) is 30.1. The van der Waals surface area contributed by atoms with Gasteiger partial charge in [-0.3, -0.25) is 9.48 Å². The lowest BCUT2D eigenvalue weighted by Crippen LogP contribution is -2.50. The van der Waals surface area contributed by atoms with E-state index in [1.807, 2.05) is 48.5 Å². The molecule has 2 rings (SSSR count). The van der Waals surface area contributed by atoms with Crippen LogP contribution in [0.15, 0.2) is 6.07 Å². The number of nitrogens with zero attached hydrogens (tertiary/aromatic N) is 3. The molecule has 2 aromatic heterocycles. The van der Waals surface area contributed by atoms with E-state index < -0.39 is 12.1 Å².